The summed E-state index contributed by atoms with van der Waals surface area (Å²) in [7, 11) is 1.46. The molecular weight excluding hydrogens is 893 g/mol. The summed E-state index contributed by atoms with van der Waals surface area (Å²) in [6.07, 6.45) is 22.5. The van der Waals surface area contributed by atoms with Gasteiger partial charge in [0, 0.05) is 42.5 Å². The van der Waals surface area contributed by atoms with Crippen LogP contribution in [-0.2, 0) is 16.0 Å². The van der Waals surface area contributed by atoms with E-state index in [9.17, 15) is 35.4 Å². The third-order valence-corrected chi connectivity index (χ3v) is 17.9. The van der Waals surface area contributed by atoms with Crippen LogP contribution in [0.15, 0.2) is 90.3 Å². The molecule has 3 aliphatic heterocycles. The van der Waals surface area contributed by atoms with Crippen LogP contribution in [0.3, 0.4) is 0 Å². The Hall–Kier alpha value is -5.03. The first kappa shape index (κ1) is 48.6. The molecule has 14 atom stereocenters. The van der Waals surface area contributed by atoms with Crippen molar-refractivity contribution in [1.29, 1.82) is 0 Å². The highest BCUT2D eigenvalue weighted by Gasteiger charge is 2.69. The van der Waals surface area contributed by atoms with Gasteiger partial charge in [-0.2, -0.15) is 0 Å². The average Bonchev–Trinajstić information content (AvgIpc) is 4.11. The van der Waals surface area contributed by atoms with E-state index in [1.807, 2.05) is 18.2 Å². The molecule has 0 radical (unpaired) electrons. The predicted octanol–water partition coefficient (Wildman–Crippen LogP) is 5.63. The number of rotatable bonds is 16. The molecule has 2 bridgehead atoms. The van der Waals surface area contributed by atoms with Crippen LogP contribution in [0.5, 0.6) is 28.7 Å². The first-order valence-electron chi connectivity index (χ1n) is 25.6. The van der Waals surface area contributed by atoms with Gasteiger partial charge in [-0.25, -0.2) is 0 Å². The number of nitrogens with two attached hydrogens (primary N) is 1. The number of carboxylic acids is 1. The molecule has 70 heavy (non-hydrogen) atoms. The number of hydrogen-bond donors (Lipinski definition) is 10. The molecule has 2 spiro atoms. The summed E-state index contributed by atoms with van der Waals surface area (Å²) in [6, 6.07) is 8.27. The Morgan fingerprint density at radius 1 is 0.971 bits per heavy atom. The number of dihydropyridines is 1. The fourth-order valence-electron chi connectivity index (χ4n) is 14.8. The van der Waals surface area contributed by atoms with Crippen molar-refractivity contribution in [2.75, 3.05) is 33.6 Å². The highest BCUT2D eigenvalue weighted by atomic mass is 16.5. The van der Waals surface area contributed by atoms with Crippen molar-refractivity contribution in [2.45, 2.75) is 120 Å². The number of aliphatic hydroxyl groups excluding tert-OH is 3. The number of nitrogens with one attached hydrogen (secondary N) is 3. The van der Waals surface area contributed by atoms with Crippen LogP contribution in [-0.4, -0.2) is 106 Å². The minimum atomic E-state index is -0.881. The van der Waals surface area contributed by atoms with Crippen LogP contribution >= 0.6 is 0 Å². The van der Waals surface area contributed by atoms with Crippen molar-refractivity contribution in [3.05, 3.63) is 101 Å². The van der Waals surface area contributed by atoms with Gasteiger partial charge in [-0.05, 0) is 135 Å². The Labute approximate surface area is 410 Å². The number of aromatic hydroxyl groups is 2. The number of phenols is 2. The van der Waals surface area contributed by atoms with Crippen molar-refractivity contribution in [3.63, 3.8) is 0 Å². The number of fused-ring (bicyclic) bond motifs is 2. The maximum absolute atomic E-state index is 13.5. The number of carboxylic acid groups (broad SMARTS) is 1. The molecule has 11 N–H and O–H groups in total. The number of aliphatic hydroxyl groups is 3. The zero-order valence-corrected chi connectivity index (χ0v) is 40.3. The summed E-state index contributed by atoms with van der Waals surface area (Å²) in [6.45, 7) is 2.63. The van der Waals surface area contributed by atoms with Gasteiger partial charge in [0.15, 0.2) is 23.0 Å². The first-order chi connectivity index (χ1) is 33.8. The van der Waals surface area contributed by atoms with Crippen LogP contribution in [0.2, 0.25) is 0 Å². The van der Waals surface area contributed by atoms with E-state index in [1.54, 1.807) is 24.3 Å². The van der Waals surface area contributed by atoms with Crippen LogP contribution in [0.25, 0.3) is 0 Å². The Morgan fingerprint density at radius 3 is 2.44 bits per heavy atom. The van der Waals surface area contributed by atoms with Gasteiger partial charge in [0.25, 0.3) is 0 Å². The zero-order chi connectivity index (χ0) is 49.0. The molecule has 0 aromatic heterocycles. The van der Waals surface area contributed by atoms with E-state index in [0.717, 1.165) is 56.1 Å². The number of ether oxygens (including phenoxy) is 4. The molecule has 15 nitrogen and oxygen atoms in total. The van der Waals surface area contributed by atoms with Crippen LogP contribution in [0.1, 0.15) is 88.4 Å². The molecule has 2 saturated heterocycles. The second-order valence-electron chi connectivity index (χ2n) is 21.5. The van der Waals surface area contributed by atoms with Crippen molar-refractivity contribution >= 4 is 5.97 Å². The summed E-state index contributed by atoms with van der Waals surface area (Å²) in [5, 5.41) is 77.2. The van der Waals surface area contributed by atoms with Gasteiger partial charge in [-0.1, -0.05) is 61.4 Å². The summed E-state index contributed by atoms with van der Waals surface area (Å²) < 4.78 is 25.4. The molecule has 10 rings (SSSR count). The zero-order valence-electron chi connectivity index (χ0n) is 40.3. The van der Waals surface area contributed by atoms with E-state index in [-0.39, 0.29) is 72.7 Å². The Bertz CT molecular complexity index is 2410. The normalized spacial score (nSPS) is 36.8. The van der Waals surface area contributed by atoms with Crippen LogP contribution in [0, 0.1) is 46.3 Å². The van der Waals surface area contributed by atoms with E-state index < -0.39 is 59.2 Å². The number of benzene rings is 2. The highest BCUT2D eigenvalue weighted by molar-refractivity contribution is 5.75. The lowest BCUT2D eigenvalue weighted by atomic mass is 9.46. The van der Waals surface area contributed by atoms with Gasteiger partial charge in [0.05, 0.1) is 48.8 Å². The molecular formula is C55H72N4O11. The number of hydrogen-bond acceptors (Lipinski definition) is 14. The predicted molar refractivity (Wildman–Crippen MR) is 262 cm³/mol. The minimum absolute atomic E-state index is 0.00151. The molecule has 2 aromatic carbocycles. The second kappa shape index (κ2) is 19.5. The Kier molecular flexibility index (Phi) is 13.6. The third-order valence-electron chi connectivity index (χ3n) is 17.9. The lowest BCUT2D eigenvalue weighted by Crippen LogP contribution is -2.69. The van der Waals surface area contributed by atoms with Crippen molar-refractivity contribution < 1.29 is 54.4 Å². The number of aryl methyl sites for hydroxylation is 1. The van der Waals surface area contributed by atoms with Gasteiger partial charge in [-0.3, -0.25) is 10.1 Å². The molecule has 2 saturated carbocycles. The lowest BCUT2D eigenvalue weighted by molar-refractivity contribution is -0.160. The number of carbonyl (C=O) groups is 1. The smallest absolute Gasteiger partial charge is 0.311 e. The molecule has 3 heterocycles. The summed E-state index contributed by atoms with van der Waals surface area (Å²) in [5.41, 5.74) is 6.98. The van der Waals surface area contributed by atoms with E-state index in [0.29, 0.717) is 54.8 Å². The number of piperidine rings is 1. The van der Waals surface area contributed by atoms with E-state index in [4.69, 9.17) is 24.7 Å². The molecule has 8 aliphatic rings. The standard InChI is InChI=1S/C55H72N4O11/c1-31-28-53(17-3-4-18-53)55(39(10-11-40(55)52(65)66)35-15-21-57-47(56)26-35)46(59-31)29-68-45-25-36(24-44(67-2)49(45)63)50-38(16-22-60)42(62)27-37(70-50)9-5-32-6-12-41(61)43(23-32)69-30-58-54-19-13-33-7-8-34(14-20-54)48(33)51(54)64/h6,10-15,19-20,23-26,31,33-34,37-40,42,46,48,50-51,57-64H,3-5,7-9,16-18,21-22,27-30,56H2,1-2H3,(H,65,66)/t31-,33-,34+,37+,38+,39-,40+,42+,46-,48?,50-,51-,54?,55-/m1/s1. The average molecular weight is 965 g/mol. The fourth-order valence-corrected chi connectivity index (χ4v) is 14.8. The van der Waals surface area contributed by atoms with Gasteiger partial charge in [-0.15, -0.1) is 0 Å². The molecule has 4 fully saturated rings. The molecule has 2 unspecified atom stereocenters. The molecule has 378 valence electrons. The summed E-state index contributed by atoms with van der Waals surface area (Å²) in [4.78, 5) is 13.5. The SMILES string of the molecule is COc1cc([C@H]2O[C@@H](CCc3ccc(O)c(OCNC45C=C[C@@H]6CC[C@H](C=C4)C6[C@H]5O)c3)C[C@H](O)[C@@H]2CCO)cc(OC[C@H]2N[C@H](C)CC3(CCCC3)[C@@]23[C@@H](C2=CCNC(N)=C2)C=C[C@H]3C(=O)O)c1O. The summed E-state index contributed by atoms with van der Waals surface area (Å²) >= 11 is 0. The van der Waals surface area contributed by atoms with E-state index in [1.165, 1.54) is 7.11 Å². The van der Waals surface area contributed by atoms with Gasteiger partial charge < -0.3 is 66.0 Å². The molecule has 2 aromatic rings. The maximum atomic E-state index is 13.5. The van der Waals surface area contributed by atoms with E-state index in [2.05, 4.69) is 59.3 Å². The number of methoxy groups -OCH3 is 1. The minimum Gasteiger partial charge on any atom is -0.504 e. The quantitative estimate of drug-likeness (QED) is 0.0725. The topological polar surface area (TPSA) is 237 Å². The maximum Gasteiger partial charge on any atom is 0.311 e. The number of allylic oxidation sites excluding steroid dienone is 5. The Morgan fingerprint density at radius 2 is 1.73 bits per heavy atom. The van der Waals surface area contributed by atoms with E-state index >= 15 is 0 Å². The fraction of sp³-hybridized carbons (Fsp3) is 0.582. The largest absolute Gasteiger partial charge is 0.504 e. The highest BCUT2D eigenvalue weighted by Crippen LogP contribution is 2.68. The Balaban J connectivity index is 0.874. The lowest BCUT2D eigenvalue weighted by Gasteiger charge is -2.61. The third kappa shape index (κ3) is 8.47. The monoisotopic (exact) mass is 965 g/mol. The molecule has 0 amide bonds. The van der Waals surface area contributed by atoms with Gasteiger partial charge in [0.2, 0.25) is 5.75 Å². The van der Waals surface area contributed by atoms with Crippen LogP contribution < -0.4 is 35.9 Å². The van der Waals surface area contributed by atoms with Crippen molar-refractivity contribution in [3.8, 4) is 28.7 Å². The van der Waals surface area contributed by atoms with Crippen LogP contribution in [0.4, 0.5) is 0 Å². The number of aliphatic carboxylic acids is 1. The molecule has 15 heteroatoms. The molecule has 5 aliphatic carbocycles. The van der Waals surface area contributed by atoms with Gasteiger partial charge >= 0.3 is 5.97 Å². The second-order valence-corrected chi connectivity index (χ2v) is 21.5. The van der Waals surface area contributed by atoms with Crippen molar-refractivity contribution in [2.24, 2.45) is 52.1 Å². The first-order valence-corrected chi connectivity index (χ1v) is 25.6. The van der Waals surface area contributed by atoms with Crippen molar-refractivity contribution in [1.82, 2.24) is 16.0 Å². The van der Waals surface area contributed by atoms with Gasteiger partial charge in [0.1, 0.15) is 13.3 Å². The number of phenolic OH excluding ortho intramolecular Hbond substituents is 2. The summed E-state index contributed by atoms with van der Waals surface area (Å²) in [5.74, 6) is -0.536.